The number of fused-ring (bicyclic) bond motifs is 1. The standard InChI is InChI=1S/C36H30O2P2/c37-39(33-17-5-1-6-18-33,34-19-7-2-8-20-34)27-31-25-29-15-13-14-16-30(29)26-32(31)28-40(38,35-21-9-3-10-22-35)36-23-11-4-12-24-36/h1-26H,27-28H2. The van der Waals surface area contributed by atoms with Gasteiger partial charge in [-0.1, -0.05) is 158 Å². The highest BCUT2D eigenvalue weighted by molar-refractivity contribution is 7.78. The van der Waals surface area contributed by atoms with Gasteiger partial charge in [0.15, 0.2) is 0 Å². The number of hydrogen-bond acceptors (Lipinski definition) is 2. The molecule has 4 heteroatoms. The van der Waals surface area contributed by atoms with Gasteiger partial charge >= 0.3 is 0 Å². The Hall–Kier alpha value is -3.96. The molecule has 0 atom stereocenters. The van der Waals surface area contributed by atoms with Crippen molar-refractivity contribution in [2.24, 2.45) is 0 Å². The van der Waals surface area contributed by atoms with E-state index < -0.39 is 14.3 Å². The lowest BCUT2D eigenvalue weighted by Crippen LogP contribution is -2.20. The van der Waals surface area contributed by atoms with Gasteiger partial charge in [0, 0.05) is 33.5 Å². The van der Waals surface area contributed by atoms with E-state index >= 15 is 9.13 Å². The number of rotatable bonds is 8. The van der Waals surface area contributed by atoms with Gasteiger partial charge in [-0.05, 0) is 21.9 Å². The molecular weight excluding hydrogens is 526 g/mol. The molecule has 0 radical (unpaired) electrons. The highest BCUT2D eigenvalue weighted by atomic mass is 31.2. The lowest BCUT2D eigenvalue weighted by Gasteiger charge is -2.24. The lowest BCUT2D eigenvalue weighted by atomic mass is 10.0. The van der Waals surface area contributed by atoms with Crippen LogP contribution in [0.1, 0.15) is 11.1 Å². The quantitative estimate of drug-likeness (QED) is 0.179. The van der Waals surface area contributed by atoms with E-state index in [-0.39, 0.29) is 0 Å². The topological polar surface area (TPSA) is 34.1 Å². The van der Waals surface area contributed by atoms with E-state index in [9.17, 15) is 0 Å². The third-order valence-electron chi connectivity index (χ3n) is 7.55. The van der Waals surface area contributed by atoms with E-state index in [1.807, 2.05) is 133 Å². The summed E-state index contributed by atoms with van der Waals surface area (Å²) in [5.74, 6) is 0. The first kappa shape index (κ1) is 26.3. The normalized spacial score (nSPS) is 11.9. The van der Waals surface area contributed by atoms with Crippen LogP contribution in [0.25, 0.3) is 10.8 Å². The van der Waals surface area contributed by atoms with Crippen molar-refractivity contribution >= 4 is 46.3 Å². The van der Waals surface area contributed by atoms with Crippen LogP contribution < -0.4 is 21.2 Å². The van der Waals surface area contributed by atoms with Crippen LogP contribution in [-0.4, -0.2) is 0 Å². The zero-order valence-corrected chi connectivity index (χ0v) is 23.9. The minimum absolute atomic E-state index is 0.352. The van der Waals surface area contributed by atoms with Gasteiger partial charge in [0.2, 0.25) is 0 Å². The van der Waals surface area contributed by atoms with Gasteiger partial charge < -0.3 is 9.13 Å². The molecule has 2 nitrogen and oxygen atoms in total. The second-order valence-electron chi connectivity index (χ2n) is 10.1. The monoisotopic (exact) mass is 556 g/mol. The van der Waals surface area contributed by atoms with Crippen LogP contribution in [-0.2, 0) is 21.5 Å². The highest BCUT2D eigenvalue weighted by Gasteiger charge is 2.32. The molecule has 0 fully saturated rings. The van der Waals surface area contributed by atoms with E-state index in [2.05, 4.69) is 24.3 Å². The molecular formula is C36H30O2P2. The Morgan fingerprint density at radius 2 is 0.600 bits per heavy atom. The Morgan fingerprint density at radius 3 is 0.875 bits per heavy atom. The van der Waals surface area contributed by atoms with Gasteiger partial charge in [-0.15, -0.1) is 0 Å². The Kier molecular flexibility index (Phi) is 7.40. The molecule has 0 saturated heterocycles. The molecule has 0 aliphatic rings. The summed E-state index contributed by atoms with van der Waals surface area (Å²) in [5.41, 5.74) is 1.95. The van der Waals surface area contributed by atoms with Crippen LogP contribution in [0.5, 0.6) is 0 Å². The van der Waals surface area contributed by atoms with Crippen LogP contribution in [0.3, 0.4) is 0 Å². The van der Waals surface area contributed by atoms with Crippen LogP contribution in [0.4, 0.5) is 0 Å². The lowest BCUT2D eigenvalue weighted by molar-refractivity contribution is 0.584. The first-order valence-corrected chi connectivity index (χ1v) is 17.3. The zero-order chi connectivity index (χ0) is 27.4. The van der Waals surface area contributed by atoms with E-state index in [4.69, 9.17) is 0 Å². The van der Waals surface area contributed by atoms with Gasteiger partial charge in [-0.2, -0.15) is 0 Å². The molecule has 40 heavy (non-hydrogen) atoms. The average molecular weight is 557 g/mol. The average Bonchev–Trinajstić information content (AvgIpc) is 3.03. The fourth-order valence-corrected chi connectivity index (χ4v) is 10.9. The molecule has 0 aromatic heterocycles. The van der Waals surface area contributed by atoms with Gasteiger partial charge in [0.25, 0.3) is 0 Å². The van der Waals surface area contributed by atoms with Crippen LogP contribution in [0.15, 0.2) is 158 Å². The van der Waals surface area contributed by atoms with E-state index in [1.165, 1.54) is 0 Å². The summed E-state index contributed by atoms with van der Waals surface area (Å²) in [4.78, 5) is 0. The summed E-state index contributed by atoms with van der Waals surface area (Å²) in [6.45, 7) is 0. The van der Waals surface area contributed by atoms with E-state index in [0.29, 0.717) is 12.3 Å². The molecule has 0 unspecified atom stereocenters. The van der Waals surface area contributed by atoms with Gasteiger partial charge in [-0.25, -0.2) is 0 Å². The first-order chi connectivity index (χ1) is 19.6. The van der Waals surface area contributed by atoms with Crippen molar-refractivity contribution in [1.82, 2.24) is 0 Å². The van der Waals surface area contributed by atoms with Crippen molar-refractivity contribution in [3.63, 3.8) is 0 Å². The van der Waals surface area contributed by atoms with Crippen molar-refractivity contribution in [3.05, 3.63) is 169 Å². The highest BCUT2D eigenvalue weighted by Crippen LogP contribution is 2.51. The molecule has 0 aliphatic heterocycles. The van der Waals surface area contributed by atoms with Crippen molar-refractivity contribution in [3.8, 4) is 0 Å². The molecule has 0 spiro atoms. The molecule has 0 aliphatic carbocycles. The summed E-state index contributed by atoms with van der Waals surface area (Å²) in [7, 11) is -6.10. The summed E-state index contributed by atoms with van der Waals surface area (Å²) >= 11 is 0. The maximum Gasteiger partial charge on any atom is 0.147 e. The van der Waals surface area contributed by atoms with Crippen molar-refractivity contribution in [2.75, 3.05) is 0 Å². The largest absolute Gasteiger partial charge is 0.313 e. The smallest absolute Gasteiger partial charge is 0.147 e. The van der Waals surface area contributed by atoms with Gasteiger partial charge in [0.1, 0.15) is 14.3 Å². The molecule has 196 valence electrons. The fourth-order valence-electron chi connectivity index (χ4n) is 5.45. The molecule has 0 bridgehead atoms. The van der Waals surface area contributed by atoms with E-state index in [1.54, 1.807) is 0 Å². The second kappa shape index (κ2) is 11.3. The SMILES string of the molecule is O=P(Cc1cc2ccccc2cc1CP(=O)(c1ccccc1)c1ccccc1)(c1ccccc1)c1ccccc1. The maximum atomic E-state index is 15.1. The van der Waals surface area contributed by atoms with Crippen LogP contribution >= 0.6 is 14.3 Å². The predicted molar refractivity (Wildman–Crippen MR) is 171 cm³/mol. The van der Waals surface area contributed by atoms with Crippen molar-refractivity contribution in [1.29, 1.82) is 0 Å². The first-order valence-electron chi connectivity index (χ1n) is 13.5. The Balaban J connectivity index is 1.55. The minimum Gasteiger partial charge on any atom is -0.313 e. The molecule has 0 N–H and O–H groups in total. The van der Waals surface area contributed by atoms with E-state index in [0.717, 1.165) is 43.1 Å². The predicted octanol–water partition coefficient (Wildman–Crippen LogP) is 7.87. The summed E-state index contributed by atoms with van der Waals surface area (Å²) < 4.78 is 30.2. The van der Waals surface area contributed by atoms with Gasteiger partial charge in [0.05, 0.1) is 0 Å². The Labute approximate surface area is 236 Å². The summed E-state index contributed by atoms with van der Waals surface area (Å²) in [5, 5.41) is 5.49. The van der Waals surface area contributed by atoms with Crippen molar-refractivity contribution < 1.29 is 9.13 Å². The third-order valence-corrected chi connectivity index (χ3v) is 13.6. The zero-order valence-electron chi connectivity index (χ0n) is 22.1. The van der Waals surface area contributed by atoms with Crippen molar-refractivity contribution in [2.45, 2.75) is 12.3 Å². The minimum atomic E-state index is -3.05. The molecule has 0 saturated carbocycles. The third kappa shape index (κ3) is 5.14. The van der Waals surface area contributed by atoms with Gasteiger partial charge in [-0.3, -0.25) is 0 Å². The molecule has 6 aromatic carbocycles. The molecule has 6 rings (SSSR count). The van der Waals surface area contributed by atoms with Crippen LogP contribution in [0.2, 0.25) is 0 Å². The van der Waals surface area contributed by atoms with Crippen LogP contribution in [0, 0.1) is 0 Å². The molecule has 0 heterocycles. The Bertz CT molecular complexity index is 1610. The Morgan fingerprint density at radius 1 is 0.350 bits per heavy atom. The number of hydrogen-bond donors (Lipinski definition) is 0. The second-order valence-corrected chi connectivity index (χ2v) is 15.8. The summed E-state index contributed by atoms with van der Waals surface area (Å²) in [6, 6.07) is 51.7. The fraction of sp³-hybridized carbons (Fsp3) is 0.0556. The molecule has 0 amide bonds. The summed E-state index contributed by atoms with van der Waals surface area (Å²) in [6.07, 6.45) is 0.704. The maximum absolute atomic E-state index is 15.1. The molecule has 6 aromatic rings. The number of benzene rings is 6.